The Morgan fingerprint density at radius 2 is 1.94 bits per heavy atom. The molecule has 2 N–H and O–H groups in total. The van der Waals surface area contributed by atoms with Crippen molar-refractivity contribution in [2.24, 2.45) is 0 Å². The lowest BCUT2D eigenvalue weighted by Gasteiger charge is -2.38. The highest BCUT2D eigenvalue weighted by atomic mass is 35.5. The molecule has 1 aromatic carbocycles. The molecule has 1 amide bonds. The highest BCUT2D eigenvalue weighted by molar-refractivity contribution is 6.37. The Bertz CT molecular complexity index is 1050. The molecule has 0 atom stereocenters. The molecule has 0 saturated carbocycles. The molecule has 1 aromatic heterocycles. The van der Waals surface area contributed by atoms with Crippen molar-refractivity contribution in [2.75, 3.05) is 24.6 Å². The molecule has 178 valence electrons. The van der Waals surface area contributed by atoms with Crippen molar-refractivity contribution < 1.29 is 23.8 Å². The fraction of sp³-hybridized carbons (Fsp3) is 0.455. The van der Waals surface area contributed by atoms with Crippen LogP contribution in [-0.2, 0) is 4.74 Å². The van der Waals surface area contributed by atoms with Gasteiger partial charge in [0, 0.05) is 24.2 Å². The molecule has 2 aromatic rings. The zero-order valence-electron chi connectivity index (χ0n) is 18.5. The van der Waals surface area contributed by atoms with Gasteiger partial charge in [0.1, 0.15) is 29.5 Å². The van der Waals surface area contributed by atoms with Crippen LogP contribution in [0, 0.1) is 5.82 Å². The maximum Gasteiger partial charge on any atom is 0.407 e. The fourth-order valence-corrected chi connectivity index (χ4v) is 3.74. The Morgan fingerprint density at radius 3 is 2.55 bits per heavy atom. The van der Waals surface area contributed by atoms with E-state index in [1.165, 1.54) is 18.3 Å². The van der Waals surface area contributed by atoms with Crippen LogP contribution in [-0.4, -0.2) is 57.8 Å². The van der Waals surface area contributed by atoms with E-state index in [0.717, 1.165) is 6.07 Å². The Balaban J connectivity index is 1.63. The van der Waals surface area contributed by atoms with Crippen molar-refractivity contribution >= 4 is 40.9 Å². The van der Waals surface area contributed by atoms with Crippen molar-refractivity contribution in [1.29, 1.82) is 0 Å². The summed E-state index contributed by atoms with van der Waals surface area (Å²) in [5.41, 5.74) is -1.79. The Hall–Kier alpha value is -2.49. The minimum atomic E-state index is -1.16. The van der Waals surface area contributed by atoms with Gasteiger partial charge >= 0.3 is 6.09 Å². The number of nitrogens with one attached hydrogen (secondary N) is 1. The van der Waals surface area contributed by atoms with Crippen LogP contribution in [0.2, 0.25) is 10.2 Å². The van der Waals surface area contributed by atoms with E-state index in [1.54, 1.807) is 0 Å². The molecule has 11 heteroatoms. The molecule has 0 aliphatic carbocycles. The van der Waals surface area contributed by atoms with Crippen LogP contribution < -0.4 is 10.2 Å². The molecule has 1 fully saturated rings. The number of piperidine rings is 1. The number of aromatic nitrogens is 2. The predicted molar refractivity (Wildman–Crippen MR) is 123 cm³/mol. The third-order valence-corrected chi connectivity index (χ3v) is 5.74. The van der Waals surface area contributed by atoms with Gasteiger partial charge in [-0.2, -0.15) is 0 Å². The molecule has 3 rings (SSSR count). The number of rotatable bonds is 5. The first kappa shape index (κ1) is 25.1. The average molecular weight is 499 g/mol. The zero-order valence-corrected chi connectivity index (χ0v) is 20.0. The van der Waals surface area contributed by atoms with Crippen LogP contribution >= 0.6 is 23.2 Å². The Morgan fingerprint density at radius 1 is 1.27 bits per heavy atom. The van der Waals surface area contributed by atoms with Crippen LogP contribution in [0.25, 0.3) is 0 Å². The number of aliphatic hydroxyl groups is 1. The normalized spacial score (nSPS) is 15.8. The molecule has 0 radical (unpaired) electrons. The van der Waals surface area contributed by atoms with E-state index >= 15 is 0 Å². The summed E-state index contributed by atoms with van der Waals surface area (Å²) in [6.45, 7) is 6.19. The first-order valence-corrected chi connectivity index (χ1v) is 11.1. The van der Waals surface area contributed by atoms with E-state index in [2.05, 4.69) is 15.3 Å². The van der Waals surface area contributed by atoms with Gasteiger partial charge in [-0.3, -0.25) is 4.79 Å². The highest BCUT2D eigenvalue weighted by Crippen LogP contribution is 2.28. The zero-order chi connectivity index (χ0) is 24.4. The number of ketones is 1. The van der Waals surface area contributed by atoms with E-state index in [1.807, 2.05) is 25.7 Å². The molecule has 8 nitrogen and oxygen atoms in total. The summed E-state index contributed by atoms with van der Waals surface area (Å²) in [6, 6.07) is 3.90. The summed E-state index contributed by atoms with van der Waals surface area (Å²) in [5, 5.41) is 13.0. The summed E-state index contributed by atoms with van der Waals surface area (Å²) in [5.74, 6) is -0.929. The number of nitrogens with zero attached hydrogens (tertiary/aromatic N) is 3. The van der Waals surface area contributed by atoms with E-state index in [4.69, 9.17) is 27.9 Å². The summed E-state index contributed by atoms with van der Waals surface area (Å²) >= 11 is 12.1. The van der Waals surface area contributed by atoms with Gasteiger partial charge in [-0.1, -0.05) is 29.3 Å². The van der Waals surface area contributed by atoms with Crippen LogP contribution in [0.1, 0.15) is 49.7 Å². The number of benzene rings is 1. The number of carbonyl (C=O) groups is 2. The van der Waals surface area contributed by atoms with Gasteiger partial charge < -0.3 is 20.1 Å². The number of alkyl carbamates (subject to hydrolysis) is 1. The van der Waals surface area contributed by atoms with Gasteiger partial charge in [0.15, 0.2) is 5.15 Å². The van der Waals surface area contributed by atoms with Gasteiger partial charge in [0.05, 0.1) is 11.2 Å². The summed E-state index contributed by atoms with van der Waals surface area (Å²) in [7, 11) is 0. The quantitative estimate of drug-likeness (QED) is 0.599. The molecule has 0 unspecified atom stereocenters. The maximum atomic E-state index is 13.7. The van der Waals surface area contributed by atoms with Crippen LogP contribution in [0.3, 0.4) is 0 Å². The predicted octanol–water partition coefficient (Wildman–Crippen LogP) is 4.01. The minimum absolute atomic E-state index is 0.0563. The molecule has 2 heterocycles. The number of halogens is 3. The van der Waals surface area contributed by atoms with Crippen LogP contribution in [0.15, 0.2) is 24.4 Å². The monoisotopic (exact) mass is 498 g/mol. The van der Waals surface area contributed by atoms with Gasteiger partial charge in [-0.25, -0.2) is 19.2 Å². The minimum Gasteiger partial charge on any atom is -0.446 e. The van der Waals surface area contributed by atoms with E-state index in [9.17, 15) is 19.1 Å². The largest absolute Gasteiger partial charge is 0.446 e. The second-order valence-corrected chi connectivity index (χ2v) is 9.70. The second kappa shape index (κ2) is 9.79. The number of ether oxygens (including phenoxy) is 1. The third kappa shape index (κ3) is 6.31. The van der Waals surface area contributed by atoms with Crippen molar-refractivity contribution in [3.05, 3.63) is 51.6 Å². The number of carbonyl (C=O) groups excluding carboxylic acids is 2. The Labute approximate surface area is 201 Å². The topological polar surface area (TPSA) is 105 Å². The van der Waals surface area contributed by atoms with Gasteiger partial charge in [-0.05, 0) is 45.7 Å². The van der Waals surface area contributed by atoms with Crippen molar-refractivity contribution in [3.63, 3.8) is 0 Å². The maximum absolute atomic E-state index is 13.7. The molecule has 1 saturated heterocycles. The number of anilines is 1. The fourth-order valence-electron chi connectivity index (χ4n) is 3.31. The summed E-state index contributed by atoms with van der Waals surface area (Å²) < 4.78 is 18.9. The molecule has 1 aliphatic heterocycles. The average Bonchev–Trinajstić information content (AvgIpc) is 2.73. The van der Waals surface area contributed by atoms with Crippen molar-refractivity contribution in [3.8, 4) is 0 Å². The van der Waals surface area contributed by atoms with Crippen molar-refractivity contribution in [1.82, 2.24) is 15.3 Å². The molecular formula is C22H25Cl2FN4O4. The molecule has 33 heavy (non-hydrogen) atoms. The smallest absolute Gasteiger partial charge is 0.407 e. The standard InChI is InChI=1S/C22H25Cl2FN4O4/c1-21(2,3)28-20(31)33-12-22(32)7-9-29(10-8-22)15-11-26-17(19(24)27-15)18(30)13-5-4-6-14(25)16(13)23/h4-6,11,32H,7-10,12H2,1-3H3,(H,28,31). The third-order valence-electron chi connectivity index (χ3n) is 5.10. The molecular weight excluding hydrogens is 474 g/mol. The van der Waals surface area contributed by atoms with E-state index in [-0.39, 0.29) is 28.0 Å². The SMILES string of the molecule is CC(C)(C)NC(=O)OCC1(O)CCN(c2cnc(C(=O)c3cccc(F)c3Cl)c(Cl)n2)CC1. The summed E-state index contributed by atoms with van der Waals surface area (Å²) in [4.78, 5) is 34.8. The summed E-state index contributed by atoms with van der Waals surface area (Å²) in [6.07, 6.45) is 1.46. The molecule has 0 bridgehead atoms. The van der Waals surface area contributed by atoms with Gasteiger partial charge in [0.25, 0.3) is 0 Å². The lowest BCUT2D eigenvalue weighted by atomic mass is 9.92. The lowest BCUT2D eigenvalue weighted by Crippen LogP contribution is -2.49. The molecule has 1 aliphatic rings. The van der Waals surface area contributed by atoms with Crippen LogP contribution in [0.4, 0.5) is 15.0 Å². The highest BCUT2D eigenvalue weighted by Gasteiger charge is 2.35. The van der Waals surface area contributed by atoms with Gasteiger partial charge in [-0.15, -0.1) is 0 Å². The lowest BCUT2D eigenvalue weighted by molar-refractivity contribution is -0.0393. The number of amides is 1. The van der Waals surface area contributed by atoms with Gasteiger partial charge in [0.2, 0.25) is 5.78 Å². The van der Waals surface area contributed by atoms with E-state index < -0.39 is 28.8 Å². The first-order valence-electron chi connectivity index (χ1n) is 10.3. The second-order valence-electron chi connectivity index (χ2n) is 8.96. The van der Waals surface area contributed by atoms with Crippen molar-refractivity contribution in [2.45, 2.75) is 44.8 Å². The van der Waals surface area contributed by atoms with E-state index in [0.29, 0.717) is 31.7 Å². The first-order chi connectivity index (χ1) is 15.4. The number of hydrogen-bond acceptors (Lipinski definition) is 7. The number of hydrogen-bond donors (Lipinski definition) is 2. The van der Waals surface area contributed by atoms with Crippen LogP contribution in [0.5, 0.6) is 0 Å². The Kier molecular flexibility index (Phi) is 7.45. The molecule has 0 spiro atoms.